The molecule has 1 aromatic carbocycles. The van der Waals surface area contributed by atoms with Gasteiger partial charge in [-0.15, -0.1) is 16.8 Å². The zero-order chi connectivity index (χ0) is 18.4. The standard InChI is InChI=1S/C18H21BrN4O2S/c1-2-9-23-17(13-5-7-14(19)8-6-13)21-22-18(23)26-12-16(24)20-11-15-4-3-10-25-15/h2,5-8,15H,1,3-4,9-12H2,(H,20,24)/t15-/m0/s1. The second-order valence-corrected chi connectivity index (χ2v) is 7.80. The number of hydrogen-bond acceptors (Lipinski definition) is 5. The Hall–Kier alpha value is -1.64. The molecule has 0 unspecified atom stereocenters. The molecular formula is C18H21BrN4O2S. The molecule has 6 nitrogen and oxygen atoms in total. The van der Waals surface area contributed by atoms with E-state index >= 15 is 0 Å². The molecule has 2 aromatic rings. The minimum atomic E-state index is -0.0242. The lowest BCUT2D eigenvalue weighted by Gasteiger charge is -2.11. The molecule has 0 spiro atoms. The van der Waals surface area contributed by atoms with E-state index in [4.69, 9.17) is 4.74 Å². The van der Waals surface area contributed by atoms with E-state index in [9.17, 15) is 4.79 Å². The summed E-state index contributed by atoms with van der Waals surface area (Å²) < 4.78 is 8.49. The van der Waals surface area contributed by atoms with Crippen molar-refractivity contribution in [1.82, 2.24) is 20.1 Å². The topological polar surface area (TPSA) is 69.0 Å². The number of carbonyl (C=O) groups is 1. The molecule has 26 heavy (non-hydrogen) atoms. The fraction of sp³-hybridized carbons (Fsp3) is 0.389. The number of hydrogen-bond donors (Lipinski definition) is 1. The predicted molar refractivity (Wildman–Crippen MR) is 106 cm³/mol. The zero-order valence-corrected chi connectivity index (χ0v) is 16.8. The van der Waals surface area contributed by atoms with Gasteiger partial charge >= 0.3 is 0 Å². The Morgan fingerprint density at radius 2 is 2.23 bits per heavy atom. The SMILES string of the molecule is C=CCn1c(SCC(=O)NC[C@@H]2CCCO2)nnc1-c1ccc(Br)cc1. The minimum Gasteiger partial charge on any atom is -0.376 e. The van der Waals surface area contributed by atoms with Crippen LogP contribution in [0, 0.1) is 0 Å². The molecule has 3 rings (SSSR count). The number of thioether (sulfide) groups is 1. The van der Waals surface area contributed by atoms with Gasteiger partial charge in [0.25, 0.3) is 0 Å². The summed E-state index contributed by atoms with van der Waals surface area (Å²) in [6.07, 6.45) is 4.03. The molecule has 0 saturated carbocycles. The fourth-order valence-electron chi connectivity index (χ4n) is 2.72. The fourth-order valence-corrected chi connectivity index (χ4v) is 3.76. The number of amides is 1. The van der Waals surface area contributed by atoms with Crippen LogP contribution in [-0.2, 0) is 16.1 Å². The van der Waals surface area contributed by atoms with Crippen LogP contribution in [0.25, 0.3) is 11.4 Å². The first-order chi connectivity index (χ1) is 12.7. The van der Waals surface area contributed by atoms with Crippen molar-refractivity contribution >= 4 is 33.6 Å². The maximum Gasteiger partial charge on any atom is 0.230 e. The van der Waals surface area contributed by atoms with Crippen molar-refractivity contribution in [3.05, 3.63) is 41.4 Å². The van der Waals surface area contributed by atoms with Gasteiger partial charge in [0.15, 0.2) is 11.0 Å². The highest BCUT2D eigenvalue weighted by Gasteiger charge is 2.18. The molecule has 1 N–H and O–H groups in total. The van der Waals surface area contributed by atoms with Crippen molar-refractivity contribution < 1.29 is 9.53 Å². The number of allylic oxidation sites excluding steroid dienone is 1. The monoisotopic (exact) mass is 436 g/mol. The van der Waals surface area contributed by atoms with Crippen LogP contribution in [-0.4, -0.2) is 45.7 Å². The number of nitrogens with one attached hydrogen (secondary N) is 1. The summed E-state index contributed by atoms with van der Waals surface area (Å²) >= 11 is 4.81. The summed E-state index contributed by atoms with van der Waals surface area (Å²) in [5, 5.41) is 12.2. The summed E-state index contributed by atoms with van der Waals surface area (Å²) in [7, 11) is 0. The van der Waals surface area contributed by atoms with Crippen LogP contribution in [0.4, 0.5) is 0 Å². The van der Waals surface area contributed by atoms with Crippen molar-refractivity contribution in [1.29, 1.82) is 0 Å². The maximum absolute atomic E-state index is 12.1. The van der Waals surface area contributed by atoms with Gasteiger partial charge in [-0.05, 0) is 25.0 Å². The third kappa shape index (κ3) is 4.96. The zero-order valence-electron chi connectivity index (χ0n) is 14.4. The van der Waals surface area contributed by atoms with E-state index in [-0.39, 0.29) is 12.0 Å². The Bertz CT molecular complexity index is 757. The van der Waals surface area contributed by atoms with E-state index in [0.29, 0.717) is 24.0 Å². The van der Waals surface area contributed by atoms with Gasteiger partial charge in [0.2, 0.25) is 5.91 Å². The summed E-state index contributed by atoms with van der Waals surface area (Å²) in [4.78, 5) is 12.1. The molecular weight excluding hydrogens is 416 g/mol. The minimum absolute atomic E-state index is 0.0242. The lowest BCUT2D eigenvalue weighted by atomic mass is 10.2. The van der Waals surface area contributed by atoms with Crippen LogP contribution in [0.5, 0.6) is 0 Å². The molecule has 0 radical (unpaired) electrons. The summed E-state index contributed by atoms with van der Waals surface area (Å²) in [5.41, 5.74) is 0.970. The van der Waals surface area contributed by atoms with E-state index in [0.717, 1.165) is 35.3 Å². The van der Waals surface area contributed by atoms with E-state index in [1.54, 1.807) is 6.08 Å². The van der Waals surface area contributed by atoms with Crippen molar-refractivity contribution in [2.24, 2.45) is 0 Å². The van der Waals surface area contributed by atoms with E-state index in [1.807, 2.05) is 28.8 Å². The normalized spacial score (nSPS) is 16.6. The third-order valence-electron chi connectivity index (χ3n) is 4.01. The van der Waals surface area contributed by atoms with Crippen LogP contribution in [0.1, 0.15) is 12.8 Å². The first kappa shape index (κ1) is 19.1. The van der Waals surface area contributed by atoms with Gasteiger partial charge in [0.05, 0.1) is 11.9 Å². The second kappa shape index (κ2) is 9.34. The number of rotatable bonds is 8. The second-order valence-electron chi connectivity index (χ2n) is 5.94. The van der Waals surface area contributed by atoms with Crippen molar-refractivity contribution in [3.8, 4) is 11.4 Å². The lowest BCUT2D eigenvalue weighted by Crippen LogP contribution is -2.32. The van der Waals surface area contributed by atoms with E-state index < -0.39 is 0 Å². The first-order valence-corrected chi connectivity index (χ1v) is 10.3. The number of aromatic nitrogens is 3. The molecule has 0 bridgehead atoms. The Balaban J connectivity index is 1.62. The number of benzene rings is 1. The van der Waals surface area contributed by atoms with Crippen LogP contribution >= 0.6 is 27.7 Å². The van der Waals surface area contributed by atoms with Gasteiger partial charge < -0.3 is 10.1 Å². The number of ether oxygens (including phenoxy) is 1. The first-order valence-electron chi connectivity index (χ1n) is 8.48. The highest BCUT2D eigenvalue weighted by atomic mass is 79.9. The van der Waals surface area contributed by atoms with Crippen molar-refractivity contribution in [2.75, 3.05) is 18.9 Å². The van der Waals surface area contributed by atoms with Crippen molar-refractivity contribution in [3.63, 3.8) is 0 Å². The molecule has 2 heterocycles. The number of nitrogens with zero attached hydrogens (tertiary/aromatic N) is 3. The highest BCUT2D eigenvalue weighted by molar-refractivity contribution is 9.10. The average Bonchev–Trinajstić information content (AvgIpc) is 3.29. The van der Waals surface area contributed by atoms with Crippen molar-refractivity contribution in [2.45, 2.75) is 30.6 Å². The van der Waals surface area contributed by atoms with Gasteiger partial charge in [-0.3, -0.25) is 9.36 Å². The Morgan fingerprint density at radius 3 is 2.92 bits per heavy atom. The third-order valence-corrected chi connectivity index (χ3v) is 5.51. The van der Waals surface area contributed by atoms with Gasteiger partial charge in [-0.2, -0.15) is 0 Å². The number of carbonyl (C=O) groups excluding carboxylic acids is 1. The summed E-state index contributed by atoms with van der Waals surface area (Å²) in [5.74, 6) is 1.03. The maximum atomic E-state index is 12.1. The van der Waals surface area contributed by atoms with E-state index in [1.165, 1.54) is 11.8 Å². The highest BCUT2D eigenvalue weighted by Crippen LogP contribution is 2.25. The van der Waals surface area contributed by atoms with E-state index in [2.05, 4.69) is 38.0 Å². The van der Waals surface area contributed by atoms with Gasteiger partial charge in [-0.25, -0.2) is 0 Å². The number of halogens is 1. The van der Waals surface area contributed by atoms with Crippen LogP contribution in [0.2, 0.25) is 0 Å². The quantitative estimate of drug-likeness (QED) is 0.507. The molecule has 1 fully saturated rings. The van der Waals surface area contributed by atoms with Crippen LogP contribution in [0.15, 0.2) is 46.5 Å². The van der Waals surface area contributed by atoms with Gasteiger partial charge in [-0.1, -0.05) is 45.9 Å². The molecule has 1 saturated heterocycles. The largest absolute Gasteiger partial charge is 0.376 e. The molecule has 0 aliphatic carbocycles. The molecule has 1 aliphatic rings. The van der Waals surface area contributed by atoms with Gasteiger partial charge in [0, 0.05) is 29.7 Å². The molecule has 1 aromatic heterocycles. The van der Waals surface area contributed by atoms with Gasteiger partial charge in [0.1, 0.15) is 0 Å². The summed E-state index contributed by atoms with van der Waals surface area (Å²) in [6.45, 7) is 5.75. The summed E-state index contributed by atoms with van der Waals surface area (Å²) in [6, 6.07) is 7.90. The smallest absolute Gasteiger partial charge is 0.230 e. The molecule has 138 valence electrons. The molecule has 1 amide bonds. The Morgan fingerprint density at radius 1 is 1.42 bits per heavy atom. The molecule has 8 heteroatoms. The van der Waals surface area contributed by atoms with Crippen LogP contribution < -0.4 is 5.32 Å². The van der Waals surface area contributed by atoms with Crippen LogP contribution in [0.3, 0.4) is 0 Å². The lowest BCUT2D eigenvalue weighted by molar-refractivity contribution is -0.119. The predicted octanol–water partition coefficient (Wildman–Crippen LogP) is 3.28. The average molecular weight is 437 g/mol. The Labute approximate surface area is 165 Å². The Kier molecular flexibility index (Phi) is 6.87. The molecule has 1 atom stereocenters. The molecule has 1 aliphatic heterocycles.